The number of likely N-dealkylation sites (tertiary alicyclic amines) is 1. The molecule has 1 fully saturated rings. The molecule has 1 N–H and O–H groups in total. The van der Waals surface area contributed by atoms with Crippen molar-refractivity contribution in [2.45, 2.75) is 25.4 Å². The molecule has 6 rings (SSSR count). The summed E-state index contributed by atoms with van der Waals surface area (Å²) < 4.78 is 48.9. The number of piperidine rings is 1. The number of nitrogens with zero attached hydrogens (tertiary/aromatic N) is 7. The number of halogens is 2. The van der Waals surface area contributed by atoms with Crippen LogP contribution in [0.15, 0.2) is 55.4 Å². The highest BCUT2D eigenvalue weighted by Crippen LogP contribution is 2.42. The lowest BCUT2D eigenvalue weighted by Gasteiger charge is -2.36. The fourth-order valence-corrected chi connectivity index (χ4v) is 4.71. The lowest BCUT2D eigenvalue weighted by Crippen LogP contribution is -2.52. The lowest BCUT2D eigenvalue weighted by molar-refractivity contribution is -0.135. The Bertz CT molecular complexity index is 1700. The molecule has 2 aromatic carbocycles. The van der Waals surface area contributed by atoms with Crippen molar-refractivity contribution in [2.75, 3.05) is 32.6 Å². The first-order valence-electron chi connectivity index (χ1n) is 12.6. The summed E-state index contributed by atoms with van der Waals surface area (Å²) in [4.78, 5) is 18.6. The molecular weight excluding hydrogens is 522 g/mol. The molecule has 1 aliphatic rings. The minimum absolute atomic E-state index is 0.166. The Kier molecular flexibility index (Phi) is 6.50. The maximum Gasteiger partial charge on any atom is 0.296 e. The number of aryl methyl sites for hydroxylation is 1. The first-order chi connectivity index (χ1) is 19.3. The van der Waals surface area contributed by atoms with E-state index >= 15 is 0 Å². The van der Waals surface area contributed by atoms with Crippen LogP contribution in [-0.4, -0.2) is 73.7 Å². The Balaban J connectivity index is 1.31. The number of nitrogens with one attached hydrogen (secondary N) is 1. The van der Waals surface area contributed by atoms with Crippen LogP contribution in [0.3, 0.4) is 0 Å². The van der Waals surface area contributed by atoms with Crippen LogP contribution in [0, 0.1) is 6.92 Å². The zero-order valence-corrected chi connectivity index (χ0v) is 22.0. The highest BCUT2D eigenvalue weighted by atomic mass is 19.3. The Labute approximate surface area is 227 Å². The minimum atomic E-state index is -3.04. The van der Waals surface area contributed by atoms with Crippen molar-refractivity contribution in [1.82, 2.24) is 34.4 Å². The van der Waals surface area contributed by atoms with Gasteiger partial charge >= 0.3 is 0 Å². The van der Waals surface area contributed by atoms with E-state index in [1.807, 2.05) is 25.1 Å². The number of benzene rings is 2. The maximum absolute atomic E-state index is 14.9. The third kappa shape index (κ3) is 4.91. The largest absolute Gasteiger partial charge is 0.493 e. The van der Waals surface area contributed by atoms with Gasteiger partial charge in [-0.05, 0) is 49.9 Å². The molecule has 0 radical (unpaired) electrons. The van der Waals surface area contributed by atoms with Crippen molar-refractivity contribution in [3.63, 3.8) is 0 Å². The van der Waals surface area contributed by atoms with E-state index in [9.17, 15) is 8.78 Å². The molecule has 0 bridgehead atoms. The monoisotopic (exact) mass is 548 g/mol. The van der Waals surface area contributed by atoms with Crippen molar-refractivity contribution in [3.8, 4) is 23.0 Å². The van der Waals surface area contributed by atoms with Crippen molar-refractivity contribution >= 4 is 28.2 Å². The standard InChI is InChI=1S/C27H26F2N8O3/c1-16-10-17(4-6-20(16)39-18-11-30-26-33-15-34-37(26)12-18)35-25-23-19(31-14-32-25)5-7-21(38-3)24(23)40-22-8-9-36(2)13-27(22,28)29/h4-7,10-12,14-15,22H,8-9,13H2,1-3H3,(H,31,32,35)/t22-/m0/s1. The molecule has 11 nitrogen and oxygen atoms in total. The van der Waals surface area contributed by atoms with E-state index in [4.69, 9.17) is 14.2 Å². The predicted molar refractivity (Wildman–Crippen MR) is 143 cm³/mol. The van der Waals surface area contributed by atoms with E-state index in [0.29, 0.717) is 52.0 Å². The molecule has 40 heavy (non-hydrogen) atoms. The van der Waals surface area contributed by atoms with E-state index in [0.717, 1.165) is 5.56 Å². The topological polar surface area (TPSA) is 112 Å². The van der Waals surface area contributed by atoms with E-state index in [-0.39, 0.29) is 18.7 Å². The summed E-state index contributed by atoms with van der Waals surface area (Å²) in [5.74, 6) is -0.561. The summed E-state index contributed by atoms with van der Waals surface area (Å²) in [7, 11) is 3.14. The van der Waals surface area contributed by atoms with Crippen molar-refractivity contribution in [2.24, 2.45) is 0 Å². The number of alkyl halides is 2. The number of methoxy groups -OCH3 is 1. The summed E-state index contributed by atoms with van der Waals surface area (Å²) >= 11 is 0. The molecule has 1 aliphatic heterocycles. The number of rotatable bonds is 7. The molecule has 5 aromatic rings. The summed E-state index contributed by atoms with van der Waals surface area (Å²) in [5, 5.41) is 7.80. The molecule has 0 unspecified atom stereocenters. The van der Waals surface area contributed by atoms with Gasteiger partial charge in [0.15, 0.2) is 23.4 Å². The second kappa shape index (κ2) is 10.2. The number of hydrogen-bond donors (Lipinski definition) is 1. The Morgan fingerprint density at radius 1 is 1.05 bits per heavy atom. The molecule has 1 atom stereocenters. The van der Waals surface area contributed by atoms with Crippen LogP contribution in [0.5, 0.6) is 23.0 Å². The van der Waals surface area contributed by atoms with Gasteiger partial charge in [0.2, 0.25) is 0 Å². The average molecular weight is 549 g/mol. The number of fused-ring (bicyclic) bond motifs is 2. The molecule has 13 heteroatoms. The van der Waals surface area contributed by atoms with E-state index in [1.165, 1.54) is 24.3 Å². The van der Waals surface area contributed by atoms with Crippen molar-refractivity contribution in [1.29, 1.82) is 0 Å². The fourth-order valence-electron chi connectivity index (χ4n) is 4.71. The van der Waals surface area contributed by atoms with Gasteiger partial charge in [0.25, 0.3) is 11.7 Å². The van der Waals surface area contributed by atoms with Crippen LogP contribution in [0.4, 0.5) is 20.3 Å². The van der Waals surface area contributed by atoms with Crippen LogP contribution in [-0.2, 0) is 0 Å². The number of anilines is 2. The van der Waals surface area contributed by atoms with E-state index < -0.39 is 12.0 Å². The summed E-state index contributed by atoms with van der Waals surface area (Å²) in [6.45, 7) is 2.01. The van der Waals surface area contributed by atoms with Crippen LogP contribution in [0.1, 0.15) is 12.0 Å². The normalized spacial score (nSPS) is 17.2. The van der Waals surface area contributed by atoms with E-state index in [1.54, 1.807) is 36.5 Å². The fraction of sp³-hybridized carbons (Fsp3) is 0.296. The second-order valence-electron chi connectivity index (χ2n) is 9.61. The van der Waals surface area contributed by atoms with E-state index in [2.05, 4.69) is 30.4 Å². The first kappa shape index (κ1) is 25.6. The molecule has 0 spiro atoms. The summed E-state index contributed by atoms with van der Waals surface area (Å²) in [6, 6.07) is 8.91. The van der Waals surface area contributed by atoms with Gasteiger partial charge in [-0.1, -0.05) is 0 Å². The molecule has 4 heterocycles. The Morgan fingerprint density at radius 3 is 2.70 bits per heavy atom. The summed E-state index contributed by atoms with van der Waals surface area (Å²) in [5.41, 5.74) is 2.06. The van der Waals surface area contributed by atoms with Gasteiger partial charge < -0.3 is 24.4 Å². The van der Waals surface area contributed by atoms with Gasteiger partial charge in [0, 0.05) is 18.7 Å². The smallest absolute Gasteiger partial charge is 0.296 e. The van der Waals surface area contributed by atoms with Gasteiger partial charge in [-0.3, -0.25) is 0 Å². The molecular formula is C27H26F2N8O3. The van der Waals surface area contributed by atoms with Crippen LogP contribution in [0.2, 0.25) is 0 Å². The van der Waals surface area contributed by atoms with Crippen molar-refractivity contribution in [3.05, 3.63) is 60.9 Å². The molecule has 206 valence electrons. The SMILES string of the molecule is COc1ccc2ncnc(Nc3ccc(Oc4cnc5ncnn5c4)c(C)c3)c2c1O[C@H]1CCN(C)CC1(F)F. The van der Waals surface area contributed by atoms with Gasteiger partial charge in [-0.25, -0.2) is 28.2 Å². The first-order valence-corrected chi connectivity index (χ1v) is 12.6. The second-order valence-corrected chi connectivity index (χ2v) is 9.61. The van der Waals surface area contributed by atoms with Crippen molar-refractivity contribution < 1.29 is 23.0 Å². The summed E-state index contributed by atoms with van der Waals surface area (Å²) in [6.07, 6.45) is 4.94. The lowest BCUT2D eigenvalue weighted by atomic mass is 10.0. The number of ether oxygens (including phenoxy) is 3. The highest BCUT2D eigenvalue weighted by molar-refractivity contribution is 5.97. The van der Waals surface area contributed by atoms with Crippen LogP contribution >= 0.6 is 0 Å². The molecule has 0 aliphatic carbocycles. The zero-order chi connectivity index (χ0) is 27.9. The van der Waals surface area contributed by atoms with Gasteiger partial charge in [-0.2, -0.15) is 10.1 Å². The highest BCUT2D eigenvalue weighted by Gasteiger charge is 2.46. The third-order valence-electron chi connectivity index (χ3n) is 6.70. The number of aromatic nitrogens is 6. The molecule has 0 saturated carbocycles. The molecule has 3 aromatic heterocycles. The van der Waals surface area contributed by atoms with Gasteiger partial charge in [-0.15, -0.1) is 0 Å². The Morgan fingerprint density at radius 2 is 1.90 bits per heavy atom. The van der Waals surface area contributed by atoms with Crippen LogP contribution in [0.25, 0.3) is 16.7 Å². The predicted octanol–water partition coefficient (Wildman–Crippen LogP) is 4.64. The van der Waals surface area contributed by atoms with Gasteiger partial charge in [0.05, 0.1) is 37.0 Å². The quantitative estimate of drug-likeness (QED) is 0.309. The maximum atomic E-state index is 14.9. The molecule has 1 saturated heterocycles. The number of hydrogen-bond acceptors (Lipinski definition) is 10. The van der Waals surface area contributed by atoms with Crippen LogP contribution < -0.4 is 19.5 Å². The minimum Gasteiger partial charge on any atom is -0.493 e. The molecule has 0 amide bonds. The Hall–Kier alpha value is -4.65. The average Bonchev–Trinajstić information content (AvgIpc) is 3.39. The zero-order valence-electron chi connectivity index (χ0n) is 22.0. The van der Waals surface area contributed by atoms with Gasteiger partial charge in [0.1, 0.15) is 24.2 Å². The third-order valence-corrected chi connectivity index (χ3v) is 6.70.